The standard InChI is InChI=1S/C14H18BrFN2O.ClH/c15-11-6-10(7-12(16)8-11)13(19)18-9-14(17)4-2-1-3-5-14;/h6-8H,1-5,9,17H2,(H,18,19);1H. The number of rotatable bonds is 3. The summed E-state index contributed by atoms with van der Waals surface area (Å²) in [5, 5.41) is 2.81. The van der Waals surface area contributed by atoms with Crippen LogP contribution in [-0.2, 0) is 0 Å². The molecule has 1 aliphatic carbocycles. The highest BCUT2D eigenvalue weighted by molar-refractivity contribution is 9.10. The molecule has 3 nitrogen and oxygen atoms in total. The molecule has 3 N–H and O–H groups in total. The minimum absolute atomic E-state index is 0. The molecule has 0 saturated heterocycles. The molecule has 112 valence electrons. The van der Waals surface area contributed by atoms with Crippen LogP contribution in [0.1, 0.15) is 42.5 Å². The monoisotopic (exact) mass is 364 g/mol. The van der Waals surface area contributed by atoms with E-state index in [4.69, 9.17) is 5.73 Å². The summed E-state index contributed by atoms with van der Waals surface area (Å²) >= 11 is 3.17. The molecule has 1 aromatic rings. The van der Waals surface area contributed by atoms with Crippen molar-refractivity contribution in [1.29, 1.82) is 0 Å². The van der Waals surface area contributed by atoms with Gasteiger partial charge in [0, 0.05) is 22.1 Å². The zero-order valence-corrected chi connectivity index (χ0v) is 13.5. The number of nitrogens with two attached hydrogens (primary N) is 1. The van der Waals surface area contributed by atoms with Crippen LogP contribution in [0, 0.1) is 5.82 Å². The summed E-state index contributed by atoms with van der Waals surface area (Å²) in [4.78, 5) is 12.0. The Bertz CT molecular complexity index is 458. The topological polar surface area (TPSA) is 55.1 Å². The van der Waals surface area contributed by atoms with Gasteiger partial charge in [-0.25, -0.2) is 4.39 Å². The first-order chi connectivity index (χ1) is 8.98. The van der Waals surface area contributed by atoms with Crippen LogP contribution in [-0.4, -0.2) is 18.0 Å². The Balaban J connectivity index is 0.00000200. The van der Waals surface area contributed by atoms with Crippen molar-refractivity contribution in [2.75, 3.05) is 6.54 Å². The number of nitrogens with one attached hydrogen (secondary N) is 1. The van der Waals surface area contributed by atoms with Crippen LogP contribution in [0.25, 0.3) is 0 Å². The first-order valence-corrected chi connectivity index (χ1v) is 7.31. The maximum Gasteiger partial charge on any atom is 0.251 e. The van der Waals surface area contributed by atoms with Gasteiger partial charge < -0.3 is 11.1 Å². The van der Waals surface area contributed by atoms with Crippen LogP contribution in [0.4, 0.5) is 4.39 Å². The largest absolute Gasteiger partial charge is 0.350 e. The van der Waals surface area contributed by atoms with Gasteiger partial charge in [0.05, 0.1) is 0 Å². The fraction of sp³-hybridized carbons (Fsp3) is 0.500. The van der Waals surface area contributed by atoms with Gasteiger partial charge in [0.2, 0.25) is 0 Å². The lowest BCUT2D eigenvalue weighted by Gasteiger charge is -2.33. The molecule has 0 aromatic heterocycles. The predicted molar refractivity (Wildman–Crippen MR) is 83.7 cm³/mol. The van der Waals surface area contributed by atoms with Crippen molar-refractivity contribution in [3.05, 3.63) is 34.1 Å². The van der Waals surface area contributed by atoms with Crippen molar-refractivity contribution in [2.45, 2.75) is 37.6 Å². The van der Waals surface area contributed by atoms with Gasteiger partial charge in [0.25, 0.3) is 5.91 Å². The molecular weight excluding hydrogens is 347 g/mol. The van der Waals surface area contributed by atoms with E-state index in [0.29, 0.717) is 16.6 Å². The molecule has 1 amide bonds. The normalized spacial score (nSPS) is 17.1. The second-order valence-corrected chi connectivity index (χ2v) is 6.18. The fourth-order valence-corrected chi connectivity index (χ4v) is 2.94. The lowest BCUT2D eigenvalue weighted by atomic mass is 9.82. The van der Waals surface area contributed by atoms with E-state index >= 15 is 0 Å². The van der Waals surface area contributed by atoms with Crippen LogP contribution in [0.2, 0.25) is 0 Å². The summed E-state index contributed by atoms with van der Waals surface area (Å²) in [6, 6.07) is 4.15. The molecule has 0 aliphatic heterocycles. The van der Waals surface area contributed by atoms with E-state index in [1.54, 1.807) is 6.07 Å². The lowest BCUT2D eigenvalue weighted by Crippen LogP contribution is -2.51. The van der Waals surface area contributed by atoms with Gasteiger partial charge in [-0.15, -0.1) is 12.4 Å². The fourth-order valence-electron chi connectivity index (χ4n) is 2.48. The van der Waals surface area contributed by atoms with Crippen LogP contribution in [0.3, 0.4) is 0 Å². The highest BCUT2D eigenvalue weighted by Crippen LogP contribution is 2.25. The molecule has 0 spiro atoms. The number of carbonyl (C=O) groups is 1. The number of hydrogen-bond acceptors (Lipinski definition) is 2. The second-order valence-electron chi connectivity index (χ2n) is 5.26. The molecule has 2 rings (SSSR count). The van der Waals surface area contributed by atoms with Gasteiger partial charge in [-0.3, -0.25) is 4.79 Å². The molecule has 1 aliphatic rings. The maximum atomic E-state index is 13.2. The first kappa shape index (κ1) is 17.4. The van der Waals surface area contributed by atoms with Gasteiger partial charge in [-0.05, 0) is 31.0 Å². The van der Waals surface area contributed by atoms with Crippen molar-refractivity contribution in [3.63, 3.8) is 0 Å². The Morgan fingerprint density at radius 2 is 1.95 bits per heavy atom. The van der Waals surface area contributed by atoms with Gasteiger partial charge in [-0.1, -0.05) is 35.2 Å². The van der Waals surface area contributed by atoms with E-state index in [1.807, 2.05) is 0 Å². The molecule has 0 bridgehead atoms. The third-order valence-electron chi connectivity index (χ3n) is 3.58. The Kier molecular flexibility index (Phi) is 6.43. The highest BCUT2D eigenvalue weighted by atomic mass is 79.9. The summed E-state index contributed by atoms with van der Waals surface area (Å²) in [6.45, 7) is 0.444. The first-order valence-electron chi connectivity index (χ1n) is 6.52. The van der Waals surface area contributed by atoms with E-state index in [-0.39, 0.29) is 23.9 Å². The highest BCUT2D eigenvalue weighted by Gasteiger charge is 2.27. The summed E-state index contributed by atoms with van der Waals surface area (Å²) < 4.78 is 13.8. The quantitative estimate of drug-likeness (QED) is 0.862. The Morgan fingerprint density at radius 1 is 1.30 bits per heavy atom. The zero-order valence-electron chi connectivity index (χ0n) is 11.1. The van der Waals surface area contributed by atoms with Crippen molar-refractivity contribution < 1.29 is 9.18 Å². The average Bonchev–Trinajstić information content (AvgIpc) is 2.36. The Morgan fingerprint density at radius 3 is 2.55 bits per heavy atom. The lowest BCUT2D eigenvalue weighted by molar-refractivity contribution is 0.0937. The number of hydrogen-bond donors (Lipinski definition) is 2. The van der Waals surface area contributed by atoms with E-state index < -0.39 is 5.82 Å². The predicted octanol–water partition coefficient (Wildman–Crippen LogP) is 3.40. The van der Waals surface area contributed by atoms with Gasteiger partial charge in [0.15, 0.2) is 0 Å². The third kappa shape index (κ3) is 4.72. The van der Waals surface area contributed by atoms with Gasteiger partial charge >= 0.3 is 0 Å². The van der Waals surface area contributed by atoms with E-state index in [2.05, 4.69) is 21.2 Å². The summed E-state index contributed by atoms with van der Waals surface area (Å²) in [5.74, 6) is -0.713. The molecular formula is C14H19BrClFN2O. The molecule has 1 aromatic carbocycles. The molecule has 1 saturated carbocycles. The average molecular weight is 366 g/mol. The van der Waals surface area contributed by atoms with Crippen molar-refractivity contribution >= 4 is 34.2 Å². The molecule has 0 heterocycles. The zero-order chi connectivity index (χ0) is 13.9. The Labute approximate surface area is 133 Å². The summed E-state index contributed by atoms with van der Waals surface area (Å²) in [5.41, 5.74) is 6.25. The number of halogens is 3. The number of amides is 1. The molecule has 20 heavy (non-hydrogen) atoms. The van der Waals surface area contributed by atoms with Gasteiger partial charge in [0.1, 0.15) is 5.82 Å². The number of benzene rings is 1. The summed E-state index contributed by atoms with van der Waals surface area (Å²) in [7, 11) is 0. The van der Waals surface area contributed by atoms with Crippen LogP contribution < -0.4 is 11.1 Å². The van der Waals surface area contributed by atoms with Crippen molar-refractivity contribution in [1.82, 2.24) is 5.32 Å². The van der Waals surface area contributed by atoms with E-state index in [0.717, 1.165) is 25.7 Å². The minimum atomic E-state index is -0.431. The molecule has 1 fully saturated rings. The van der Waals surface area contributed by atoms with Crippen molar-refractivity contribution in [2.24, 2.45) is 5.73 Å². The van der Waals surface area contributed by atoms with Crippen LogP contribution in [0.5, 0.6) is 0 Å². The SMILES string of the molecule is Cl.NC1(CNC(=O)c2cc(F)cc(Br)c2)CCCCC1. The van der Waals surface area contributed by atoms with E-state index in [1.165, 1.54) is 18.6 Å². The van der Waals surface area contributed by atoms with Crippen molar-refractivity contribution in [3.8, 4) is 0 Å². The van der Waals surface area contributed by atoms with Crippen LogP contribution >= 0.6 is 28.3 Å². The minimum Gasteiger partial charge on any atom is -0.350 e. The molecule has 0 radical (unpaired) electrons. The Hall–Kier alpha value is -0.650. The second kappa shape index (κ2) is 7.38. The third-order valence-corrected chi connectivity index (χ3v) is 4.03. The number of carbonyl (C=O) groups excluding carboxylic acids is 1. The molecule has 6 heteroatoms. The van der Waals surface area contributed by atoms with Gasteiger partial charge in [-0.2, -0.15) is 0 Å². The summed E-state index contributed by atoms with van der Waals surface area (Å²) in [6.07, 6.45) is 5.29. The van der Waals surface area contributed by atoms with E-state index in [9.17, 15) is 9.18 Å². The maximum absolute atomic E-state index is 13.2. The molecule has 0 unspecified atom stereocenters. The smallest absolute Gasteiger partial charge is 0.251 e. The van der Waals surface area contributed by atoms with Crippen LogP contribution in [0.15, 0.2) is 22.7 Å². The molecule has 0 atom stereocenters.